The first-order chi connectivity index (χ1) is 19.2. The molecule has 2 aliphatic rings. The number of benzene rings is 4. The van der Waals surface area contributed by atoms with E-state index >= 15 is 0 Å². The molecule has 192 valence electrons. The molecule has 5 nitrogen and oxygen atoms in total. The average Bonchev–Trinajstić information content (AvgIpc) is 3.30. The fourth-order valence-electron chi connectivity index (χ4n) is 5.84. The second kappa shape index (κ2) is 9.40. The van der Waals surface area contributed by atoms with Crippen molar-refractivity contribution in [2.24, 2.45) is 4.99 Å². The van der Waals surface area contributed by atoms with Crippen molar-refractivity contribution in [2.75, 3.05) is 14.2 Å². The molecule has 0 saturated carbocycles. The summed E-state index contributed by atoms with van der Waals surface area (Å²) in [4.78, 5) is 20.0. The van der Waals surface area contributed by atoms with Gasteiger partial charge in [0.05, 0.1) is 30.5 Å². The normalized spacial score (nSPS) is 16.4. The Hall–Kier alpha value is -4.42. The van der Waals surface area contributed by atoms with Gasteiger partial charge in [0.15, 0.2) is 4.80 Å². The molecular weight excluding hydrogens is 504 g/mol. The molecule has 0 amide bonds. The molecule has 6 heteroatoms. The maximum Gasteiger partial charge on any atom is 0.271 e. The Bertz CT molecular complexity index is 1970. The Morgan fingerprint density at radius 3 is 2.51 bits per heavy atom. The lowest BCUT2D eigenvalue weighted by Crippen LogP contribution is -2.38. The maximum atomic E-state index is 14.2. The highest BCUT2D eigenvalue weighted by molar-refractivity contribution is 7.07. The number of thiazole rings is 1. The van der Waals surface area contributed by atoms with Crippen LogP contribution < -0.4 is 24.4 Å². The molecule has 1 atom stereocenters. The molecule has 0 fully saturated rings. The molecule has 5 aromatic rings. The number of ether oxygens (including phenoxy) is 2. The van der Waals surface area contributed by atoms with Crippen LogP contribution in [-0.2, 0) is 6.42 Å². The van der Waals surface area contributed by atoms with Gasteiger partial charge in [0.2, 0.25) is 0 Å². The minimum Gasteiger partial charge on any atom is -0.497 e. The minimum atomic E-state index is -0.230. The molecule has 0 radical (unpaired) electrons. The van der Waals surface area contributed by atoms with Crippen LogP contribution in [-0.4, -0.2) is 18.8 Å². The third kappa shape index (κ3) is 3.82. The lowest BCUT2D eigenvalue weighted by molar-refractivity contribution is 0.414. The van der Waals surface area contributed by atoms with Gasteiger partial charge in [-0.15, -0.1) is 0 Å². The molecule has 7 rings (SSSR count). The topological polar surface area (TPSA) is 52.8 Å². The summed E-state index contributed by atoms with van der Waals surface area (Å²) >= 11 is 1.43. The van der Waals surface area contributed by atoms with E-state index in [9.17, 15) is 4.79 Å². The van der Waals surface area contributed by atoms with Crippen molar-refractivity contribution in [2.45, 2.75) is 18.9 Å². The largest absolute Gasteiger partial charge is 0.497 e. The van der Waals surface area contributed by atoms with E-state index in [-0.39, 0.29) is 11.6 Å². The number of aromatic nitrogens is 1. The van der Waals surface area contributed by atoms with E-state index in [2.05, 4.69) is 48.5 Å². The molecule has 0 spiro atoms. The highest BCUT2D eigenvalue weighted by atomic mass is 32.1. The number of allylic oxidation sites excluding steroid dienone is 1. The predicted octanol–water partition coefficient (Wildman–Crippen LogP) is 5.49. The van der Waals surface area contributed by atoms with Crippen LogP contribution in [0.15, 0.2) is 100 Å². The van der Waals surface area contributed by atoms with E-state index < -0.39 is 0 Å². The summed E-state index contributed by atoms with van der Waals surface area (Å²) < 4.78 is 13.6. The van der Waals surface area contributed by atoms with Gasteiger partial charge in [-0.2, -0.15) is 0 Å². The van der Waals surface area contributed by atoms with Gasteiger partial charge in [-0.3, -0.25) is 9.36 Å². The maximum absolute atomic E-state index is 14.2. The van der Waals surface area contributed by atoms with Crippen LogP contribution in [0.5, 0.6) is 11.5 Å². The Balaban J connectivity index is 1.50. The van der Waals surface area contributed by atoms with Crippen molar-refractivity contribution < 1.29 is 9.47 Å². The van der Waals surface area contributed by atoms with Gasteiger partial charge in [-0.1, -0.05) is 78.1 Å². The zero-order valence-electron chi connectivity index (χ0n) is 21.7. The standard InChI is InChI=1S/C33H26N2O3S/c1-37-23-15-11-22(12-16-23)31-26-17-13-21-8-4-6-10-25(21)30(26)34-33-35(31)32(36)29(39-33)19-27-24-9-5-3-7-20(24)14-18-28(27)38-2/h3-12,14-16,18-19,31H,13,17H2,1-2H3/b29-19-/t31-/m1/s1. The van der Waals surface area contributed by atoms with Crippen molar-refractivity contribution >= 4 is 33.9 Å². The van der Waals surface area contributed by atoms with Gasteiger partial charge in [0.1, 0.15) is 11.5 Å². The Kier molecular flexibility index (Phi) is 5.71. The summed E-state index contributed by atoms with van der Waals surface area (Å²) in [5.74, 6) is 1.52. The second-order valence-corrected chi connectivity index (χ2v) is 10.8. The monoisotopic (exact) mass is 530 g/mol. The van der Waals surface area contributed by atoms with E-state index in [1.807, 2.05) is 47.0 Å². The first-order valence-corrected chi connectivity index (χ1v) is 13.8. The fraction of sp³-hybridized carbons (Fsp3) is 0.152. The zero-order chi connectivity index (χ0) is 26.5. The molecule has 0 bridgehead atoms. The molecule has 1 aliphatic carbocycles. The van der Waals surface area contributed by atoms with Crippen LogP contribution in [0, 0.1) is 0 Å². The van der Waals surface area contributed by atoms with Crippen LogP contribution in [0.25, 0.3) is 22.5 Å². The predicted molar refractivity (Wildman–Crippen MR) is 156 cm³/mol. The van der Waals surface area contributed by atoms with Crippen molar-refractivity contribution in [3.8, 4) is 11.5 Å². The van der Waals surface area contributed by atoms with Gasteiger partial charge in [0, 0.05) is 11.1 Å². The van der Waals surface area contributed by atoms with E-state index in [1.54, 1.807) is 14.2 Å². The lowest BCUT2D eigenvalue weighted by atomic mass is 9.83. The summed E-state index contributed by atoms with van der Waals surface area (Å²) in [6, 6.07) is 28.5. The van der Waals surface area contributed by atoms with E-state index in [0.29, 0.717) is 9.33 Å². The molecule has 1 aromatic heterocycles. The SMILES string of the molecule is COc1ccc([C@@H]2C3=C(N=c4s/c(=C\c5c(OC)ccc6ccccc56)c(=O)n42)c2ccccc2CC3)cc1. The lowest BCUT2D eigenvalue weighted by Gasteiger charge is -2.30. The third-order valence-electron chi connectivity index (χ3n) is 7.73. The first kappa shape index (κ1) is 23.7. The van der Waals surface area contributed by atoms with Crippen LogP contribution in [0.3, 0.4) is 0 Å². The number of rotatable bonds is 4. The highest BCUT2D eigenvalue weighted by Gasteiger charge is 2.32. The van der Waals surface area contributed by atoms with E-state index in [1.165, 1.54) is 22.5 Å². The van der Waals surface area contributed by atoms with Crippen molar-refractivity contribution in [3.63, 3.8) is 0 Å². The molecule has 0 unspecified atom stereocenters. The quantitative estimate of drug-likeness (QED) is 0.309. The Morgan fingerprint density at radius 2 is 1.69 bits per heavy atom. The Labute approximate surface area is 229 Å². The van der Waals surface area contributed by atoms with E-state index in [4.69, 9.17) is 14.5 Å². The van der Waals surface area contributed by atoms with Gasteiger partial charge < -0.3 is 9.47 Å². The van der Waals surface area contributed by atoms with Crippen LogP contribution in [0.2, 0.25) is 0 Å². The van der Waals surface area contributed by atoms with Gasteiger partial charge >= 0.3 is 0 Å². The van der Waals surface area contributed by atoms with Crippen molar-refractivity contribution in [3.05, 3.63) is 132 Å². The number of hydrogen-bond acceptors (Lipinski definition) is 5. The van der Waals surface area contributed by atoms with Crippen molar-refractivity contribution in [1.29, 1.82) is 0 Å². The smallest absolute Gasteiger partial charge is 0.271 e. The number of methoxy groups -OCH3 is 2. The third-order valence-corrected chi connectivity index (χ3v) is 8.71. The minimum absolute atomic E-state index is 0.0417. The summed E-state index contributed by atoms with van der Waals surface area (Å²) in [5, 5.41) is 2.14. The molecule has 0 N–H and O–H groups in total. The summed E-state index contributed by atoms with van der Waals surface area (Å²) in [6.45, 7) is 0. The molecule has 0 saturated heterocycles. The Morgan fingerprint density at radius 1 is 0.897 bits per heavy atom. The van der Waals surface area contributed by atoms with Crippen LogP contribution in [0.4, 0.5) is 0 Å². The van der Waals surface area contributed by atoms with Crippen LogP contribution >= 0.6 is 11.3 Å². The zero-order valence-corrected chi connectivity index (χ0v) is 22.5. The number of fused-ring (bicyclic) bond motifs is 4. The molecular formula is C33H26N2O3S. The average molecular weight is 531 g/mol. The van der Waals surface area contributed by atoms with E-state index in [0.717, 1.165) is 57.5 Å². The fourth-order valence-corrected chi connectivity index (χ4v) is 6.82. The van der Waals surface area contributed by atoms with Crippen molar-refractivity contribution in [1.82, 2.24) is 4.57 Å². The van der Waals surface area contributed by atoms with Crippen LogP contribution in [0.1, 0.15) is 34.7 Å². The summed E-state index contributed by atoms with van der Waals surface area (Å²) in [7, 11) is 3.33. The van der Waals surface area contributed by atoms with Gasteiger partial charge in [-0.25, -0.2) is 4.99 Å². The second-order valence-electron chi connectivity index (χ2n) is 9.79. The first-order valence-electron chi connectivity index (χ1n) is 13.0. The summed E-state index contributed by atoms with van der Waals surface area (Å²) in [6.07, 6.45) is 3.75. The van der Waals surface area contributed by atoms with Gasteiger partial charge in [-0.05, 0) is 64.6 Å². The highest BCUT2D eigenvalue weighted by Crippen LogP contribution is 2.41. The molecule has 2 heterocycles. The summed E-state index contributed by atoms with van der Waals surface area (Å²) in [5.41, 5.74) is 6.54. The number of aryl methyl sites for hydroxylation is 1. The molecule has 1 aliphatic heterocycles. The van der Waals surface area contributed by atoms with Gasteiger partial charge in [0.25, 0.3) is 5.56 Å². The number of nitrogens with zero attached hydrogens (tertiary/aromatic N) is 2. The molecule has 4 aromatic carbocycles. The number of hydrogen-bond donors (Lipinski definition) is 0. The molecule has 39 heavy (non-hydrogen) atoms.